The van der Waals surface area contributed by atoms with Crippen LogP contribution in [0.3, 0.4) is 0 Å². The number of carboxylic acids is 1. The van der Waals surface area contributed by atoms with Crippen LogP contribution >= 0.6 is 0 Å². The Labute approximate surface area is 121 Å². The van der Waals surface area contributed by atoms with Crippen molar-refractivity contribution in [1.82, 2.24) is 10.6 Å². The van der Waals surface area contributed by atoms with Gasteiger partial charge in [0.15, 0.2) is 0 Å². The Hall–Kier alpha value is -1.30. The number of hydrogen-bond donors (Lipinski definition) is 3. The summed E-state index contributed by atoms with van der Waals surface area (Å²) in [4.78, 5) is 22.5. The Morgan fingerprint density at radius 3 is 2.40 bits per heavy atom. The van der Waals surface area contributed by atoms with Gasteiger partial charge in [-0.05, 0) is 32.1 Å². The van der Waals surface area contributed by atoms with Gasteiger partial charge in [0.2, 0.25) is 0 Å². The van der Waals surface area contributed by atoms with E-state index in [1.165, 1.54) is 0 Å². The molecule has 0 aliphatic heterocycles. The predicted octanol–water partition coefficient (Wildman–Crippen LogP) is 1.85. The predicted molar refractivity (Wildman–Crippen MR) is 77.7 cm³/mol. The van der Waals surface area contributed by atoms with Gasteiger partial charge in [-0.3, -0.25) is 4.79 Å². The highest BCUT2D eigenvalue weighted by Gasteiger charge is 2.16. The molecule has 6 nitrogen and oxygen atoms in total. The van der Waals surface area contributed by atoms with Crippen molar-refractivity contribution < 1.29 is 19.4 Å². The summed E-state index contributed by atoms with van der Waals surface area (Å²) in [6, 6.07) is -0.352. The fourth-order valence-corrected chi connectivity index (χ4v) is 2.00. The van der Waals surface area contributed by atoms with Crippen LogP contribution in [0, 0.1) is 11.8 Å². The van der Waals surface area contributed by atoms with E-state index in [-0.39, 0.29) is 24.4 Å². The van der Waals surface area contributed by atoms with Crippen LogP contribution in [0.4, 0.5) is 4.79 Å². The van der Waals surface area contributed by atoms with E-state index < -0.39 is 5.97 Å². The molecule has 0 heterocycles. The third-order valence-electron chi connectivity index (χ3n) is 2.77. The number of carbonyl (C=O) groups is 2. The number of nitrogens with one attached hydrogen (secondary N) is 2. The zero-order valence-electron chi connectivity index (χ0n) is 12.9. The van der Waals surface area contributed by atoms with Gasteiger partial charge in [0.25, 0.3) is 0 Å². The Morgan fingerprint density at radius 2 is 1.90 bits per heavy atom. The lowest BCUT2D eigenvalue weighted by Crippen LogP contribution is -2.44. The molecule has 2 unspecified atom stereocenters. The summed E-state index contributed by atoms with van der Waals surface area (Å²) in [5.41, 5.74) is 0. The van der Waals surface area contributed by atoms with E-state index in [9.17, 15) is 9.59 Å². The van der Waals surface area contributed by atoms with E-state index in [1.54, 1.807) is 0 Å². The number of urea groups is 1. The summed E-state index contributed by atoms with van der Waals surface area (Å²) in [7, 11) is 0. The van der Waals surface area contributed by atoms with Gasteiger partial charge >= 0.3 is 12.0 Å². The minimum absolute atomic E-state index is 0.0413. The number of ether oxygens (including phenoxy) is 1. The first kappa shape index (κ1) is 18.7. The highest BCUT2D eigenvalue weighted by molar-refractivity contribution is 5.74. The smallest absolute Gasteiger partial charge is 0.315 e. The maximum Gasteiger partial charge on any atom is 0.315 e. The molecule has 20 heavy (non-hydrogen) atoms. The second-order valence-electron chi connectivity index (χ2n) is 5.51. The number of carbonyl (C=O) groups excluding carboxylic acids is 1. The molecule has 2 atom stereocenters. The summed E-state index contributed by atoms with van der Waals surface area (Å²) in [5, 5.41) is 14.3. The van der Waals surface area contributed by atoms with Crippen molar-refractivity contribution in [2.75, 3.05) is 19.8 Å². The van der Waals surface area contributed by atoms with Crippen LogP contribution in [0.5, 0.6) is 0 Å². The van der Waals surface area contributed by atoms with Crippen molar-refractivity contribution >= 4 is 12.0 Å². The fraction of sp³-hybridized carbons (Fsp3) is 0.857. The van der Waals surface area contributed by atoms with E-state index in [1.807, 2.05) is 27.7 Å². The minimum atomic E-state index is -0.831. The second kappa shape index (κ2) is 10.5. The molecule has 0 rings (SSSR count). The molecule has 0 radical (unpaired) electrons. The number of amides is 2. The Balaban J connectivity index is 4.06. The maximum atomic E-state index is 11.7. The van der Waals surface area contributed by atoms with Crippen LogP contribution in [0.15, 0.2) is 0 Å². The summed E-state index contributed by atoms with van der Waals surface area (Å²) in [6.07, 6.45) is 0.855. The molecule has 0 aliphatic carbocycles. The molecule has 118 valence electrons. The van der Waals surface area contributed by atoms with Gasteiger partial charge in [0.1, 0.15) is 0 Å². The van der Waals surface area contributed by atoms with Crippen molar-refractivity contribution in [1.29, 1.82) is 0 Å². The Morgan fingerprint density at radius 1 is 1.25 bits per heavy atom. The summed E-state index contributed by atoms with van der Waals surface area (Å²) in [5.74, 6) is -0.468. The molecule has 0 fully saturated rings. The van der Waals surface area contributed by atoms with Gasteiger partial charge in [-0.15, -0.1) is 0 Å². The first-order chi connectivity index (χ1) is 9.35. The van der Waals surface area contributed by atoms with Crippen LogP contribution in [-0.4, -0.2) is 42.9 Å². The van der Waals surface area contributed by atoms with E-state index in [2.05, 4.69) is 10.6 Å². The average molecular weight is 288 g/mol. The van der Waals surface area contributed by atoms with Crippen LogP contribution in [-0.2, 0) is 9.53 Å². The maximum absolute atomic E-state index is 11.7. The molecule has 2 amide bonds. The Kier molecular flexibility index (Phi) is 9.80. The molecule has 6 heteroatoms. The number of aliphatic carboxylic acids is 1. The largest absolute Gasteiger partial charge is 0.481 e. The molecule has 0 bridgehead atoms. The van der Waals surface area contributed by atoms with Gasteiger partial charge in [-0.2, -0.15) is 0 Å². The second-order valence-corrected chi connectivity index (χ2v) is 5.51. The quantitative estimate of drug-likeness (QED) is 0.572. The fourth-order valence-electron chi connectivity index (χ4n) is 2.00. The topological polar surface area (TPSA) is 87.7 Å². The lowest BCUT2D eigenvalue weighted by atomic mass is 9.94. The SMILES string of the molecule is CCOCC(C)NC(=O)NCC(CC(=O)O)CC(C)C. The highest BCUT2D eigenvalue weighted by atomic mass is 16.5. The van der Waals surface area contributed by atoms with E-state index in [4.69, 9.17) is 9.84 Å². The standard InChI is InChI=1S/C14H28N2O4/c1-5-20-9-11(4)16-14(19)15-8-12(6-10(2)3)7-13(17)18/h10-12H,5-9H2,1-4H3,(H,17,18)(H2,15,16,19). The van der Waals surface area contributed by atoms with Crippen LogP contribution < -0.4 is 10.6 Å². The molecule has 0 aliphatic rings. The molecule has 0 saturated carbocycles. The lowest BCUT2D eigenvalue weighted by molar-refractivity contribution is -0.138. The minimum Gasteiger partial charge on any atom is -0.481 e. The summed E-state index contributed by atoms with van der Waals surface area (Å²) < 4.78 is 5.21. The van der Waals surface area contributed by atoms with Crippen molar-refractivity contribution in [2.45, 2.75) is 46.6 Å². The molecular formula is C14H28N2O4. The molecule has 0 aromatic carbocycles. The number of rotatable bonds is 10. The number of hydrogen-bond acceptors (Lipinski definition) is 3. The van der Waals surface area contributed by atoms with Gasteiger partial charge in [0, 0.05) is 19.6 Å². The van der Waals surface area contributed by atoms with Gasteiger partial charge in [-0.1, -0.05) is 13.8 Å². The third kappa shape index (κ3) is 10.6. The van der Waals surface area contributed by atoms with Crippen LogP contribution in [0.25, 0.3) is 0 Å². The molecule has 3 N–H and O–H groups in total. The van der Waals surface area contributed by atoms with Crippen LogP contribution in [0.1, 0.15) is 40.5 Å². The Bertz CT molecular complexity index is 295. The summed E-state index contributed by atoms with van der Waals surface area (Å²) >= 11 is 0. The lowest BCUT2D eigenvalue weighted by Gasteiger charge is -2.19. The van der Waals surface area contributed by atoms with E-state index >= 15 is 0 Å². The first-order valence-corrected chi connectivity index (χ1v) is 7.19. The zero-order valence-corrected chi connectivity index (χ0v) is 12.9. The van der Waals surface area contributed by atoms with Crippen LogP contribution in [0.2, 0.25) is 0 Å². The monoisotopic (exact) mass is 288 g/mol. The number of carboxylic acid groups (broad SMARTS) is 1. The van der Waals surface area contributed by atoms with E-state index in [0.29, 0.717) is 25.7 Å². The third-order valence-corrected chi connectivity index (χ3v) is 2.77. The molecule has 0 aromatic rings. The first-order valence-electron chi connectivity index (χ1n) is 7.19. The van der Waals surface area contributed by atoms with Crippen molar-refractivity contribution in [3.8, 4) is 0 Å². The summed E-state index contributed by atoms with van der Waals surface area (Å²) in [6.45, 7) is 9.29. The molecule has 0 saturated heterocycles. The van der Waals surface area contributed by atoms with Gasteiger partial charge < -0.3 is 20.5 Å². The molecule has 0 aromatic heterocycles. The average Bonchev–Trinajstić information content (AvgIpc) is 2.32. The van der Waals surface area contributed by atoms with Crippen molar-refractivity contribution in [3.05, 3.63) is 0 Å². The van der Waals surface area contributed by atoms with Gasteiger partial charge in [-0.25, -0.2) is 4.79 Å². The molecular weight excluding hydrogens is 260 g/mol. The van der Waals surface area contributed by atoms with E-state index in [0.717, 1.165) is 6.42 Å². The normalized spacial score (nSPS) is 13.8. The zero-order chi connectivity index (χ0) is 15.5. The van der Waals surface area contributed by atoms with Crippen molar-refractivity contribution in [2.24, 2.45) is 11.8 Å². The van der Waals surface area contributed by atoms with Crippen molar-refractivity contribution in [3.63, 3.8) is 0 Å². The highest BCUT2D eigenvalue weighted by Crippen LogP contribution is 2.14. The molecule has 0 spiro atoms. The van der Waals surface area contributed by atoms with Gasteiger partial charge in [0.05, 0.1) is 12.6 Å².